The third-order valence-corrected chi connectivity index (χ3v) is 4.43. The fourth-order valence-electron chi connectivity index (χ4n) is 2.89. The fraction of sp³-hybridized carbons (Fsp3) is 0.167. The minimum Gasteiger partial charge on any atom is -0.497 e. The van der Waals surface area contributed by atoms with Crippen LogP contribution < -0.4 is 14.8 Å². The first-order valence-corrected chi connectivity index (χ1v) is 9.41. The van der Waals surface area contributed by atoms with E-state index in [0.29, 0.717) is 22.7 Å². The molecular formula is C24H23NO5. The van der Waals surface area contributed by atoms with Crippen LogP contribution in [0.3, 0.4) is 0 Å². The molecular weight excluding hydrogens is 382 g/mol. The van der Waals surface area contributed by atoms with Crippen molar-refractivity contribution in [3.63, 3.8) is 0 Å². The van der Waals surface area contributed by atoms with Crippen LogP contribution in [0, 0.1) is 0 Å². The summed E-state index contributed by atoms with van der Waals surface area (Å²) < 4.78 is 15.9. The predicted molar refractivity (Wildman–Crippen MR) is 114 cm³/mol. The number of esters is 1. The maximum absolute atomic E-state index is 12.9. The van der Waals surface area contributed by atoms with E-state index in [1.165, 1.54) is 0 Å². The van der Waals surface area contributed by atoms with Gasteiger partial charge in [0.25, 0.3) is 5.91 Å². The van der Waals surface area contributed by atoms with Crippen molar-refractivity contribution in [1.82, 2.24) is 0 Å². The predicted octanol–water partition coefficient (Wildman–Crippen LogP) is 4.17. The highest BCUT2D eigenvalue weighted by Gasteiger charge is 2.25. The molecule has 0 spiro atoms. The van der Waals surface area contributed by atoms with Crippen LogP contribution in [0.4, 0.5) is 5.69 Å². The summed E-state index contributed by atoms with van der Waals surface area (Å²) in [4.78, 5) is 25.5. The monoisotopic (exact) mass is 405 g/mol. The van der Waals surface area contributed by atoms with Crippen molar-refractivity contribution in [3.05, 3.63) is 90.0 Å². The zero-order valence-electron chi connectivity index (χ0n) is 16.8. The number of amides is 1. The van der Waals surface area contributed by atoms with Gasteiger partial charge in [0.2, 0.25) is 6.10 Å². The van der Waals surface area contributed by atoms with E-state index in [1.54, 1.807) is 87.0 Å². The van der Waals surface area contributed by atoms with Crippen LogP contribution in [0.5, 0.6) is 11.5 Å². The molecule has 0 bridgehead atoms. The highest BCUT2D eigenvalue weighted by Crippen LogP contribution is 2.23. The SMILES string of the molecule is COc1ccc(CC(=O)O[C@H](C(=O)Nc2cccc(OC)c2)c2ccccc2)cc1. The summed E-state index contributed by atoms with van der Waals surface area (Å²) in [5.74, 6) is 0.361. The molecule has 6 heteroatoms. The zero-order chi connectivity index (χ0) is 21.3. The normalized spacial score (nSPS) is 11.3. The molecule has 30 heavy (non-hydrogen) atoms. The van der Waals surface area contributed by atoms with Gasteiger partial charge < -0.3 is 19.5 Å². The molecule has 3 rings (SSSR count). The quantitative estimate of drug-likeness (QED) is 0.570. The number of methoxy groups -OCH3 is 2. The largest absolute Gasteiger partial charge is 0.497 e. The van der Waals surface area contributed by atoms with Crippen LogP contribution in [0.15, 0.2) is 78.9 Å². The second kappa shape index (κ2) is 10.1. The molecule has 0 fully saturated rings. The van der Waals surface area contributed by atoms with Gasteiger partial charge in [-0.1, -0.05) is 48.5 Å². The molecule has 0 saturated heterocycles. The zero-order valence-corrected chi connectivity index (χ0v) is 16.8. The van der Waals surface area contributed by atoms with Gasteiger partial charge >= 0.3 is 5.97 Å². The first-order valence-electron chi connectivity index (χ1n) is 9.41. The van der Waals surface area contributed by atoms with Gasteiger partial charge in [-0.2, -0.15) is 0 Å². The smallest absolute Gasteiger partial charge is 0.311 e. The molecule has 0 aliphatic heterocycles. The summed E-state index contributed by atoms with van der Waals surface area (Å²) in [6.07, 6.45) is -1.04. The van der Waals surface area contributed by atoms with Crippen molar-refractivity contribution >= 4 is 17.6 Å². The molecule has 0 aliphatic rings. The summed E-state index contributed by atoms with van der Waals surface area (Å²) in [6.45, 7) is 0. The van der Waals surface area contributed by atoms with E-state index in [2.05, 4.69) is 5.32 Å². The Morgan fingerprint density at radius 2 is 1.53 bits per heavy atom. The van der Waals surface area contributed by atoms with Gasteiger partial charge in [0.1, 0.15) is 11.5 Å². The lowest BCUT2D eigenvalue weighted by Gasteiger charge is -2.18. The molecule has 1 N–H and O–H groups in total. The summed E-state index contributed by atoms with van der Waals surface area (Å²) in [7, 11) is 3.13. The van der Waals surface area contributed by atoms with Crippen molar-refractivity contribution in [2.24, 2.45) is 0 Å². The molecule has 3 aromatic rings. The number of nitrogens with one attached hydrogen (secondary N) is 1. The van der Waals surface area contributed by atoms with Gasteiger partial charge in [-0.15, -0.1) is 0 Å². The minimum atomic E-state index is -1.08. The highest BCUT2D eigenvalue weighted by molar-refractivity contribution is 5.96. The summed E-state index contributed by atoms with van der Waals surface area (Å²) in [6, 6.07) is 23.0. The van der Waals surface area contributed by atoms with Crippen LogP contribution in [-0.4, -0.2) is 26.1 Å². The average Bonchev–Trinajstić information content (AvgIpc) is 2.78. The van der Waals surface area contributed by atoms with Gasteiger partial charge in [0.05, 0.1) is 20.6 Å². The van der Waals surface area contributed by atoms with Gasteiger partial charge in [-0.05, 0) is 29.8 Å². The van der Waals surface area contributed by atoms with E-state index >= 15 is 0 Å². The number of carbonyl (C=O) groups is 2. The summed E-state index contributed by atoms with van der Waals surface area (Å²) in [5.41, 5.74) is 1.90. The molecule has 0 saturated carbocycles. The highest BCUT2D eigenvalue weighted by atomic mass is 16.5. The molecule has 0 radical (unpaired) electrons. The summed E-state index contributed by atoms with van der Waals surface area (Å²) >= 11 is 0. The van der Waals surface area contributed by atoms with E-state index in [9.17, 15) is 9.59 Å². The van der Waals surface area contributed by atoms with Gasteiger partial charge in [-0.25, -0.2) is 0 Å². The Hall–Kier alpha value is -3.80. The van der Waals surface area contributed by atoms with Crippen LogP contribution in [-0.2, 0) is 20.7 Å². The van der Waals surface area contributed by atoms with E-state index in [1.807, 2.05) is 6.07 Å². The molecule has 0 aromatic heterocycles. The number of hydrogen-bond acceptors (Lipinski definition) is 5. The Balaban J connectivity index is 1.74. The third kappa shape index (κ3) is 5.61. The van der Waals surface area contributed by atoms with Crippen molar-refractivity contribution < 1.29 is 23.8 Å². The van der Waals surface area contributed by atoms with Crippen LogP contribution >= 0.6 is 0 Å². The van der Waals surface area contributed by atoms with Crippen LogP contribution in [0.1, 0.15) is 17.2 Å². The maximum atomic E-state index is 12.9. The molecule has 3 aromatic carbocycles. The van der Waals surface area contributed by atoms with Crippen LogP contribution in [0.25, 0.3) is 0 Å². The molecule has 0 aliphatic carbocycles. The van der Waals surface area contributed by atoms with Crippen molar-refractivity contribution in [2.45, 2.75) is 12.5 Å². The topological polar surface area (TPSA) is 73.9 Å². The Labute approximate surface area is 175 Å². The van der Waals surface area contributed by atoms with E-state index < -0.39 is 18.0 Å². The lowest BCUT2D eigenvalue weighted by Crippen LogP contribution is -2.26. The number of ether oxygens (including phenoxy) is 3. The Morgan fingerprint density at radius 1 is 0.833 bits per heavy atom. The maximum Gasteiger partial charge on any atom is 0.311 e. The average molecular weight is 405 g/mol. The Bertz CT molecular complexity index is 986. The second-order valence-corrected chi connectivity index (χ2v) is 6.53. The van der Waals surface area contributed by atoms with Crippen molar-refractivity contribution in [1.29, 1.82) is 0 Å². The number of anilines is 1. The van der Waals surface area contributed by atoms with Crippen molar-refractivity contribution in [2.75, 3.05) is 19.5 Å². The molecule has 154 valence electrons. The Morgan fingerprint density at radius 3 is 2.20 bits per heavy atom. The van der Waals surface area contributed by atoms with Crippen LogP contribution in [0.2, 0.25) is 0 Å². The first-order chi connectivity index (χ1) is 14.6. The molecule has 0 heterocycles. The van der Waals surface area contributed by atoms with Gasteiger partial charge in [0.15, 0.2) is 0 Å². The van der Waals surface area contributed by atoms with E-state index in [4.69, 9.17) is 14.2 Å². The molecule has 1 atom stereocenters. The lowest BCUT2D eigenvalue weighted by molar-refractivity contribution is -0.154. The fourth-order valence-corrected chi connectivity index (χ4v) is 2.89. The van der Waals surface area contributed by atoms with E-state index in [-0.39, 0.29) is 6.42 Å². The number of carbonyl (C=O) groups excluding carboxylic acids is 2. The summed E-state index contributed by atoms with van der Waals surface area (Å²) in [5, 5.41) is 2.79. The first kappa shape index (κ1) is 20.9. The second-order valence-electron chi connectivity index (χ2n) is 6.53. The number of benzene rings is 3. The molecule has 0 unspecified atom stereocenters. The van der Waals surface area contributed by atoms with Crippen molar-refractivity contribution in [3.8, 4) is 11.5 Å². The Kier molecular flexibility index (Phi) is 7.05. The van der Waals surface area contributed by atoms with Gasteiger partial charge in [-0.3, -0.25) is 9.59 Å². The molecule has 1 amide bonds. The van der Waals surface area contributed by atoms with E-state index in [0.717, 1.165) is 5.56 Å². The standard InChI is InChI=1S/C24H23NO5/c1-28-20-13-11-17(12-14-20)15-22(26)30-23(18-7-4-3-5-8-18)24(27)25-19-9-6-10-21(16-19)29-2/h3-14,16,23H,15H2,1-2H3,(H,25,27)/t23-/m0/s1. The number of hydrogen-bond donors (Lipinski definition) is 1. The third-order valence-electron chi connectivity index (χ3n) is 4.43. The van der Waals surface area contributed by atoms with Gasteiger partial charge in [0, 0.05) is 17.3 Å². The molecule has 6 nitrogen and oxygen atoms in total. The lowest BCUT2D eigenvalue weighted by atomic mass is 10.1. The number of rotatable bonds is 8. The minimum absolute atomic E-state index is 0.0414.